The number of amides is 2. The van der Waals surface area contributed by atoms with Gasteiger partial charge < -0.3 is 24.8 Å². The number of rotatable bonds is 6. The molecule has 2 aromatic carbocycles. The Labute approximate surface area is 141 Å². The molecule has 0 heterocycles. The number of urea groups is 1. The molecule has 0 spiro atoms. The summed E-state index contributed by atoms with van der Waals surface area (Å²) in [6.07, 6.45) is 0.834. The van der Waals surface area contributed by atoms with E-state index in [-0.39, 0.29) is 6.03 Å². The minimum Gasteiger partial charge on any atom is -0.493 e. The van der Waals surface area contributed by atoms with E-state index in [1.165, 1.54) is 21.3 Å². The molecule has 0 aliphatic carbocycles. The van der Waals surface area contributed by atoms with Gasteiger partial charge in [-0.1, -0.05) is 25.1 Å². The molecule has 2 rings (SSSR count). The molecule has 6 nitrogen and oxygen atoms in total. The van der Waals surface area contributed by atoms with Gasteiger partial charge in [0.25, 0.3) is 0 Å². The summed E-state index contributed by atoms with van der Waals surface area (Å²) in [4.78, 5) is 12.3. The molecule has 6 heteroatoms. The van der Waals surface area contributed by atoms with Crippen molar-refractivity contribution >= 4 is 17.4 Å². The third-order valence-electron chi connectivity index (χ3n) is 3.57. The van der Waals surface area contributed by atoms with Crippen molar-refractivity contribution in [3.05, 3.63) is 42.0 Å². The van der Waals surface area contributed by atoms with E-state index in [1.807, 2.05) is 31.2 Å². The molecule has 0 unspecified atom stereocenters. The Morgan fingerprint density at radius 2 is 1.58 bits per heavy atom. The molecule has 0 aliphatic rings. The second kappa shape index (κ2) is 8.10. The molecule has 0 aliphatic heterocycles. The van der Waals surface area contributed by atoms with E-state index in [1.54, 1.807) is 12.1 Å². The van der Waals surface area contributed by atoms with Crippen LogP contribution in [0.4, 0.5) is 16.2 Å². The van der Waals surface area contributed by atoms with Crippen LogP contribution in [0.5, 0.6) is 17.2 Å². The average Bonchev–Trinajstić information content (AvgIpc) is 2.61. The van der Waals surface area contributed by atoms with Gasteiger partial charge in [-0.05, 0) is 18.1 Å². The van der Waals surface area contributed by atoms with Gasteiger partial charge in [0.15, 0.2) is 11.5 Å². The standard InChI is InChI=1S/C18H22N2O4/c1-5-12-8-6-7-9-14(12)20-18(21)19-13-10-15(22-2)17(24-4)16(11-13)23-3/h6-11H,5H2,1-4H3,(H2,19,20,21). The van der Waals surface area contributed by atoms with Gasteiger partial charge in [0.1, 0.15) is 0 Å². The summed E-state index contributed by atoms with van der Waals surface area (Å²) >= 11 is 0. The van der Waals surface area contributed by atoms with Crippen LogP contribution in [0.1, 0.15) is 12.5 Å². The molecule has 0 radical (unpaired) electrons. The van der Waals surface area contributed by atoms with Crippen LogP contribution in [0.2, 0.25) is 0 Å². The van der Waals surface area contributed by atoms with Crippen molar-refractivity contribution in [3.63, 3.8) is 0 Å². The largest absolute Gasteiger partial charge is 0.493 e. The van der Waals surface area contributed by atoms with Crippen LogP contribution in [0.25, 0.3) is 0 Å². The number of hydrogen-bond donors (Lipinski definition) is 2. The minimum absolute atomic E-state index is 0.342. The molecule has 0 fully saturated rings. The van der Waals surface area contributed by atoms with Crippen LogP contribution in [0, 0.1) is 0 Å². The van der Waals surface area contributed by atoms with Crippen molar-refractivity contribution in [3.8, 4) is 17.2 Å². The van der Waals surface area contributed by atoms with Gasteiger partial charge in [-0.15, -0.1) is 0 Å². The van der Waals surface area contributed by atoms with Gasteiger partial charge in [0, 0.05) is 17.8 Å². The number of hydrogen-bond acceptors (Lipinski definition) is 4. The summed E-state index contributed by atoms with van der Waals surface area (Å²) in [6.45, 7) is 2.04. The molecule has 0 atom stereocenters. The zero-order valence-electron chi connectivity index (χ0n) is 14.3. The quantitative estimate of drug-likeness (QED) is 0.842. The molecule has 128 valence electrons. The maximum atomic E-state index is 12.3. The Bertz CT molecular complexity index is 691. The Kier molecular flexibility index (Phi) is 5.89. The first kappa shape index (κ1) is 17.5. The molecule has 0 saturated heterocycles. The number of nitrogens with one attached hydrogen (secondary N) is 2. The lowest BCUT2D eigenvalue weighted by molar-refractivity contribution is 0.262. The van der Waals surface area contributed by atoms with E-state index in [0.717, 1.165) is 17.7 Å². The maximum Gasteiger partial charge on any atom is 0.323 e. The Hall–Kier alpha value is -2.89. The molecule has 2 N–H and O–H groups in total. The molecule has 24 heavy (non-hydrogen) atoms. The Balaban J connectivity index is 2.19. The Morgan fingerprint density at radius 1 is 0.958 bits per heavy atom. The van der Waals surface area contributed by atoms with E-state index < -0.39 is 0 Å². The SMILES string of the molecule is CCc1ccccc1NC(=O)Nc1cc(OC)c(OC)c(OC)c1. The van der Waals surface area contributed by atoms with Crippen molar-refractivity contribution in [2.45, 2.75) is 13.3 Å². The normalized spacial score (nSPS) is 10.0. The fourth-order valence-electron chi connectivity index (χ4n) is 2.39. The highest BCUT2D eigenvalue weighted by molar-refractivity contribution is 6.00. The molecular weight excluding hydrogens is 308 g/mol. The van der Waals surface area contributed by atoms with Gasteiger partial charge in [-0.25, -0.2) is 4.79 Å². The molecule has 2 amide bonds. The van der Waals surface area contributed by atoms with E-state index in [9.17, 15) is 4.79 Å². The summed E-state index contributed by atoms with van der Waals surface area (Å²) in [5.41, 5.74) is 2.39. The van der Waals surface area contributed by atoms with E-state index in [4.69, 9.17) is 14.2 Å². The highest BCUT2D eigenvalue weighted by Crippen LogP contribution is 2.39. The zero-order chi connectivity index (χ0) is 17.5. The highest BCUT2D eigenvalue weighted by Gasteiger charge is 2.14. The van der Waals surface area contributed by atoms with Gasteiger partial charge >= 0.3 is 6.03 Å². The average molecular weight is 330 g/mol. The summed E-state index contributed by atoms with van der Waals surface area (Å²) < 4.78 is 15.8. The summed E-state index contributed by atoms with van der Waals surface area (Å²) in [6, 6.07) is 10.7. The number of benzene rings is 2. The predicted molar refractivity (Wildman–Crippen MR) is 94.6 cm³/mol. The van der Waals surface area contributed by atoms with E-state index in [0.29, 0.717) is 22.9 Å². The first-order valence-electron chi connectivity index (χ1n) is 7.58. The number of ether oxygens (including phenoxy) is 3. The fraction of sp³-hybridized carbons (Fsp3) is 0.278. The summed E-state index contributed by atoms with van der Waals surface area (Å²) in [5, 5.41) is 5.63. The van der Waals surface area contributed by atoms with Crippen molar-refractivity contribution in [2.24, 2.45) is 0 Å². The third kappa shape index (κ3) is 3.90. The van der Waals surface area contributed by atoms with E-state index in [2.05, 4.69) is 10.6 Å². The van der Waals surface area contributed by atoms with Crippen LogP contribution >= 0.6 is 0 Å². The Morgan fingerprint density at radius 3 is 2.12 bits per heavy atom. The van der Waals surface area contributed by atoms with Crippen LogP contribution in [-0.4, -0.2) is 27.4 Å². The zero-order valence-corrected chi connectivity index (χ0v) is 14.3. The number of aryl methyl sites for hydroxylation is 1. The third-order valence-corrected chi connectivity index (χ3v) is 3.57. The van der Waals surface area contributed by atoms with E-state index >= 15 is 0 Å². The van der Waals surface area contributed by atoms with Gasteiger partial charge in [-0.2, -0.15) is 0 Å². The summed E-state index contributed by atoms with van der Waals surface area (Å²) in [5.74, 6) is 1.42. The second-order valence-electron chi connectivity index (χ2n) is 5.00. The lowest BCUT2D eigenvalue weighted by Gasteiger charge is -2.15. The van der Waals surface area contributed by atoms with Crippen LogP contribution in [0.15, 0.2) is 36.4 Å². The molecular formula is C18H22N2O4. The number of methoxy groups -OCH3 is 3. The first-order valence-corrected chi connectivity index (χ1v) is 7.58. The lowest BCUT2D eigenvalue weighted by Crippen LogP contribution is -2.20. The maximum absolute atomic E-state index is 12.3. The van der Waals surface area contributed by atoms with Crippen LogP contribution in [0.3, 0.4) is 0 Å². The monoisotopic (exact) mass is 330 g/mol. The molecule has 0 bridgehead atoms. The molecule has 2 aromatic rings. The van der Waals surface area contributed by atoms with Crippen molar-refractivity contribution in [2.75, 3.05) is 32.0 Å². The van der Waals surface area contributed by atoms with Gasteiger partial charge in [-0.3, -0.25) is 0 Å². The predicted octanol–water partition coefficient (Wildman–Crippen LogP) is 3.92. The number of carbonyl (C=O) groups is 1. The van der Waals surface area contributed by atoms with Gasteiger partial charge in [0.05, 0.1) is 27.0 Å². The van der Waals surface area contributed by atoms with Crippen molar-refractivity contribution in [1.82, 2.24) is 0 Å². The highest BCUT2D eigenvalue weighted by atomic mass is 16.5. The van der Waals surface area contributed by atoms with Gasteiger partial charge in [0.2, 0.25) is 5.75 Å². The fourth-order valence-corrected chi connectivity index (χ4v) is 2.39. The number of anilines is 2. The molecule has 0 saturated carbocycles. The lowest BCUT2D eigenvalue weighted by atomic mass is 10.1. The number of carbonyl (C=O) groups excluding carboxylic acids is 1. The molecule has 0 aromatic heterocycles. The van der Waals surface area contributed by atoms with Crippen molar-refractivity contribution in [1.29, 1.82) is 0 Å². The smallest absolute Gasteiger partial charge is 0.323 e. The van der Waals surface area contributed by atoms with Crippen LogP contribution < -0.4 is 24.8 Å². The topological polar surface area (TPSA) is 68.8 Å². The minimum atomic E-state index is -0.342. The number of para-hydroxylation sites is 1. The summed E-state index contributed by atoms with van der Waals surface area (Å²) in [7, 11) is 4.58. The van der Waals surface area contributed by atoms with Crippen LogP contribution in [-0.2, 0) is 6.42 Å². The van der Waals surface area contributed by atoms with Crippen molar-refractivity contribution < 1.29 is 19.0 Å². The second-order valence-corrected chi connectivity index (χ2v) is 5.00. The first-order chi connectivity index (χ1) is 11.6.